The first-order chi connectivity index (χ1) is 8.08. The number of amides is 1. The number of carbonyl (C=O) groups is 1. The van der Waals surface area contributed by atoms with E-state index in [1.807, 2.05) is 25.7 Å². The van der Waals surface area contributed by atoms with Crippen LogP contribution >= 0.6 is 11.3 Å². The van der Waals surface area contributed by atoms with Crippen molar-refractivity contribution in [3.8, 4) is 0 Å². The molecule has 1 aromatic rings. The molecule has 5 heteroatoms. The zero-order chi connectivity index (χ0) is 12.4. The maximum Gasteiger partial charge on any atom is 0.244 e. The minimum Gasteiger partial charge on any atom is -0.350 e. The van der Waals surface area contributed by atoms with E-state index in [4.69, 9.17) is 0 Å². The molecule has 94 valence electrons. The molecule has 4 nitrogen and oxygen atoms in total. The number of aryl methyl sites for hydroxylation is 2. The minimum absolute atomic E-state index is 0.182. The molecule has 1 aliphatic heterocycles. The Labute approximate surface area is 106 Å². The van der Waals surface area contributed by atoms with E-state index in [9.17, 15) is 4.79 Å². The largest absolute Gasteiger partial charge is 0.350 e. The molecule has 2 heterocycles. The fourth-order valence-corrected chi connectivity index (χ4v) is 2.89. The molecule has 1 aromatic heterocycles. The van der Waals surface area contributed by atoms with E-state index in [-0.39, 0.29) is 11.9 Å². The third-order valence-corrected chi connectivity index (χ3v) is 4.16. The van der Waals surface area contributed by atoms with Crippen LogP contribution in [-0.4, -0.2) is 34.9 Å². The van der Waals surface area contributed by atoms with Gasteiger partial charge in [-0.25, -0.2) is 4.98 Å². The van der Waals surface area contributed by atoms with Gasteiger partial charge in [0.25, 0.3) is 0 Å². The number of thiazole rings is 1. The Bertz CT molecular complexity index is 390. The van der Waals surface area contributed by atoms with Crippen molar-refractivity contribution in [1.82, 2.24) is 9.88 Å². The van der Waals surface area contributed by atoms with Crippen molar-refractivity contribution in [1.29, 1.82) is 0 Å². The quantitative estimate of drug-likeness (QED) is 0.898. The van der Waals surface area contributed by atoms with Crippen LogP contribution in [0.2, 0.25) is 0 Å². The molecule has 1 fully saturated rings. The van der Waals surface area contributed by atoms with Crippen molar-refractivity contribution >= 4 is 22.4 Å². The normalized spacial score (nSPS) is 17.2. The molecule has 2 rings (SSSR count). The minimum atomic E-state index is -0.182. The van der Waals surface area contributed by atoms with Crippen molar-refractivity contribution in [3.05, 3.63) is 10.6 Å². The zero-order valence-electron chi connectivity index (χ0n) is 10.6. The molecule has 0 saturated carbocycles. The molecule has 1 amide bonds. The molecule has 0 spiro atoms. The summed E-state index contributed by atoms with van der Waals surface area (Å²) in [4.78, 5) is 19.6. The van der Waals surface area contributed by atoms with Gasteiger partial charge in [-0.05, 0) is 33.6 Å². The molecule has 1 atom stereocenters. The maximum absolute atomic E-state index is 12.1. The average molecular weight is 253 g/mol. The van der Waals surface area contributed by atoms with Crippen molar-refractivity contribution in [2.24, 2.45) is 0 Å². The smallest absolute Gasteiger partial charge is 0.244 e. The molecule has 17 heavy (non-hydrogen) atoms. The van der Waals surface area contributed by atoms with Crippen LogP contribution in [0, 0.1) is 13.8 Å². The van der Waals surface area contributed by atoms with Gasteiger partial charge >= 0.3 is 0 Å². The summed E-state index contributed by atoms with van der Waals surface area (Å²) in [6.45, 7) is 7.75. The van der Waals surface area contributed by atoms with Crippen LogP contribution in [0.3, 0.4) is 0 Å². The van der Waals surface area contributed by atoms with Crippen LogP contribution < -0.4 is 5.32 Å². The fourth-order valence-electron chi connectivity index (χ4n) is 1.99. The second-order valence-corrected chi connectivity index (χ2v) is 5.76. The van der Waals surface area contributed by atoms with E-state index >= 15 is 0 Å². The lowest BCUT2D eigenvalue weighted by molar-refractivity contribution is -0.130. The highest BCUT2D eigenvalue weighted by Crippen LogP contribution is 2.22. The van der Waals surface area contributed by atoms with Gasteiger partial charge in [-0.15, -0.1) is 11.3 Å². The second kappa shape index (κ2) is 5.04. The van der Waals surface area contributed by atoms with Gasteiger partial charge in [-0.1, -0.05) is 0 Å². The van der Waals surface area contributed by atoms with Gasteiger partial charge in [0.2, 0.25) is 5.91 Å². The monoisotopic (exact) mass is 253 g/mol. The average Bonchev–Trinajstić information content (AvgIpc) is 2.89. The van der Waals surface area contributed by atoms with Crippen LogP contribution in [0.15, 0.2) is 0 Å². The van der Waals surface area contributed by atoms with E-state index < -0.39 is 0 Å². The van der Waals surface area contributed by atoms with Crippen LogP contribution in [0.1, 0.15) is 30.3 Å². The lowest BCUT2D eigenvalue weighted by Crippen LogP contribution is -2.39. The highest BCUT2D eigenvalue weighted by molar-refractivity contribution is 7.15. The van der Waals surface area contributed by atoms with Gasteiger partial charge in [-0.3, -0.25) is 4.79 Å². The Hall–Kier alpha value is -1.10. The fraction of sp³-hybridized carbons (Fsp3) is 0.667. The van der Waals surface area contributed by atoms with E-state index in [0.29, 0.717) is 0 Å². The SMILES string of the molecule is Cc1nc(NC(C)C(=O)N2CCCC2)sc1C. The first-order valence-electron chi connectivity index (χ1n) is 6.07. The van der Waals surface area contributed by atoms with Gasteiger partial charge in [0.05, 0.1) is 5.69 Å². The van der Waals surface area contributed by atoms with E-state index in [1.165, 1.54) is 4.88 Å². The third-order valence-electron chi connectivity index (χ3n) is 3.16. The number of anilines is 1. The van der Waals surface area contributed by atoms with E-state index in [0.717, 1.165) is 36.8 Å². The summed E-state index contributed by atoms with van der Waals surface area (Å²) in [7, 11) is 0. The van der Waals surface area contributed by atoms with Crippen LogP contribution in [-0.2, 0) is 4.79 Å². The van der Waals surface area contributed by atoms with Gasteiger partial charge in [0.1, 0.15) is 6.04 Å². The number of carbonyl (C=O) groups excluding carboxylic acids is 1. The van der Waals surface area contributed by atoms with Crippen molar-refractivity contribution in [2.75, 3.05) is 18.4 Å². The Kier molecular flexibility index (Phi) is 3.66. The summed E-state index contributed by atoms with van der Waals surface area (Å²) in [6, 6.07) is -0.182. The topological polar surface area (TPSA) is 45.2 Å². The summed E-state index contributed by atoms with van der Waals surface area (Å²) >= 11 is 1.61. The molecular formula is C12H19N3OS. The number of nitrogens with one attached hydrogen (secondary N) is 1. The molecule has 1 aliphatic rings. The Balaban J connectivity index is 1.96. The predicted octanol–water partition coefficient (Wildman–Crippen LogP) is 2.18. The molecule has 0 aliphatic carbocycles. The Morgan fingerprint density at radius 3 is 2.59 bits per heavy atom. The van der Waals surface area contributed by atoms with Gasteiger partial charge in [-0.2, -0.15) is 0 Å². The summed E-state index contributed by atoms with van der Waals surface area (Å²) in [6.07, 6.45) is 2.27. The summed E-state index contributed by atoms with van der Waals surface area (Å²) in [5.41, 5.74) is 1.04. The van der Waals surface area contributed by atoms with Crippen LogP contribution in [0.4, 0.5) is 5.13 Å². The lowest BCUT2D eigenvalue weighted by Gasteiger charge is -2.20. The van der Waals surface area contributed by atoms with Gasteiger partial charge < -0.3 is 10.2 Å². The number of aromatic nitrogens is 1. The number of likely N-dealkylation sites (tertiary alicyclic amines) is 1. The van der Waals surface area contributed by atoms with Crippen molar-refractivity contribution in [3.63, 3.8) is 0 Å². The Morgan fingerprint density at radius 1 is 1.41 bits per heavy atom. The van der Waals surface area contributed by atoms with Crippen LogP contribution in [0.5, 0.6) is 0 Å². The summed E-state index contributed by atoms with van der Waals surface area (Å²) in [5, 5.41) is 4.04. The first kappa shape index (κ1) is 12.4. The lowest BCUT2D eigenvalue weighted by atomic mass is 10.3. The highest BCUT2D eigenvalue weighted by atomic mass is 32.1. The van der Waals surface area contributed by atoms with E-state index in [2.05, 4.69) is 10.3 Å². The number of hydrogen-bond acceptors (Lipinski definition) is 4. The molecule has 0 aromatic carbocycles. The maximum atomic E-state index is 12.1. The molecule has 1 N–H and O–H groups in total. The molecular weight excluding hydrogens is 234 g/mol. The molecule has 0 radical (unpaired) electrons. The van der Waals surface area contributed by atoms with Crippen molar-refractivity contribution < 1.29 is 4.79 Å². The van der Waals surface area contributed by atoms with Gasteiger partial charge in [0, 0.05) is 18.0 Å². The highest BCUT2D eigenvalue weighted by Gasteiger charge is 2.23. The standard InChI is InChI=1S/C12H19N3OS/c1-8-10(3)17-12(13-8)14-9(2)11(16)15-6-4-5-7-15/h9H,4-7H2,1-3H3,(H,13,14). The molecule has 1 unspecified atom stereocenters. The van der Waals surface area contributed by atoms with Crippen LogP contribution in [0.25, 0.3) is 0 Å². The third kappa shape index (κ3) is 2.77. The zero-order valence-corrected chi connectivity index (χ0v) is 11.4. The number of nitrogens with zero attached hydrogens (tertiary/aromatic N) is 2. The van der Waals surface area contributed by atoms with E-state index in [1.54, 1.807) is 11.3 Å². The van der Waals surface area contributed by atoms with Gasteiger partial charge in [0.15, 0.2) is 5.13 Å². The molecule has 0 bridgehead atoms. The summed E-state index contributed by atoms with van der Waals surface area (Å²) < 4.78 is 0. The predicted molar refractivity (Wildman–Crippen MR) is 70.5 cm³/mol. The Morgan fingerprint density at radius 2 is 2.06 bits per heavy atom. The number of hydrogen-bond donors (Lipinski definition) is 1. The molecule has 1 saturated heterocycles. The number of rotatable bonds is 3. The second-order valence-electron chi connectivity index (χ2n) is 4.56. The first-order valence-corrected chi connectivity index (χ1v) is 6.89. The van der Waals surface area contributed by atoms with Crippen molar-refractivity contribution in [2.45, 2.75) is 39.7 Å². The summed E-state index contributed by atoms with van der Waals surface area (Å²) in [5.74, 6) is 0.188.